The van der Waals surface area contributed by atoms with E-state index >= 15 is 0 Å². The summed E-state index contributed by atoms with van der Waals surface area (Å²) in [5.41, 5.74) is -0.337. The molecular formula is C15H25N3O2. The third kappa shape index (κ3) is 3.20. The van der Waals surface area contributed by atoms with E-state index in [0.29, 0.717) is 24.2 Å². The van der Waals surface area contributed by atoms with Gasteiger partial charge in [-0.05, 0) is 45.4 Å². The quantitative estimate of drug-likeness (QED) is 0.882. The van der Waals surface area contributed by atoms with E-state index in [1.54, 1.807) is 17.0 Å². The third-order valence-electron chi connectivity index (χ3n) is 4.15. The Hall–Kier alpha value is -1.36. The first-order valence-corrected chi connectivity index (χ1v) is 7.36. The molecule has 1 aliphatic rings. The minimum Gasteiger partial charge on any atom is -0.396 e. The average Bonchev–Trinajstić information content (AvgIpc) is 2.83. The Balaban J connectivity index is 2.09. The lowest BCUT2D eigenvalue weighted by Gasteiger charge is -2.23. The molecule has 112 valence electrons. The Bertz CT molecular complexity index is 505. The highest BCUT2D eigenvalue weighted by Crippen LogP contribution is 2.31. The SMILES string of the molecule is CC(C)(C)n1ccnc(NCC2CCCC2CO)c1=O. The molecule has 0 aromatic carbocycles. The van der Waals surface area contributed by atoms with Gasteiger partial charge < -0.3 is 15.0 Å². The summed E-state index contributed by atoms with van der Waals surface area (Å²) in [6, 6.07) is 0. The maximum atomic E-state index is 12.4. The van der Waals surface area contributed by atoms with Gasteiger partial charge in [-0.25, -0.2) is 4.98 Å². The minimum atomic E-state index is -0.253. The van der Waals surface area contributed by atoms with Crippen LogP contribution in [0, 0.1) is 11.8 Å². The van der Waals surface area contributed by atoms with E-state index in [0.717, 1.165) is 19.3 Å². The monoisotopic (exact) mass is 279 g/mol. The molecule has 1 aromatic heterocycles. The van der Waals surface area contributed by atoms with E-state index in [1.807, 2.05) is 20.8 Å². The summed E-state index contributed by atoms with van der Waals surface area (Å²) in [5.74, 6) is 1.20. The number of hydrogen-bond donors (Lipinski definition) is 2. The van der Waals surface area contributed by atoms with Gasteiger partial charge in [-0.1, -0.05) is 6.42 Å². The van der Waals surface area contributed by atoms with Crippen molar-refractivity contribution in [3.8, 4) is 0 Å². The van der Waals surface area contributed by atoms with Crippen LogP contribution in [-0.4, -0.2) is 27.8 Å². The van der Waals surface area contributed by atoms with Crippen LogP contribution < -0.4 is 10.9 Å². The second-order valence-corrected chi connectivity index (χ2v) is 6.64. The summed E-state index contributed by atoms with van der Waals surface area (Å²) in [6.45, 7) is 6.94. The van der Waals surface area contributed by atoms with Crippen LogP contribution in [-0.2, 0) is 5.54 Å². The summed E-state index contributed by atoms with van der Waals surface area (Å²) < 4.78 is 1.69. The van der Waals surface area contributed by atoms with Crippen LogP contribution in [0.15, 0.2) is 17.2 Å². The maximum Gasteiger partial charge on any atom is 0.293 e. The maximum absolute atomic E-state index is 12.4. The molecule has 0 aliphatic heterocycles. The Kier molecular flexibility index (Phi) is 4.48. The van der Waals surface area contributed by atoms with E-state index in [-0.39, 0.29) is 17.7 Å². The van der Waals surface area contributed by atoms with Crippen molar-refractivity contribution in [2.75, 3.05) is 18.5 Å². The number of nitrogens with zero attached hydrogens (tertiary/aromatic N) is 2. The van der Waals surface area contributed by atoms with E-state index in [2.05, 4.69) is 10.3 Å². The highest BCUT2D eigenvalue weighted by Gasteiger charge is 2.26. The first-order chi connectivity index (χ1) is 9.43. The fraction of sp³-hybridized carbons (Fsp3) is 0.733. The normalized spacial score (nSPS) is 23.0. The summed E-state index contributed by atoms with van der Waals surface area (Å²) in [4.78, 5) is 16.5. The molecule has 20 heavy (non-hydrogen) atoms. The molecule has 0 saturated heterocycles. The van der Waals surface area contributed by atoms with Gasteiger partial charge in [0.2, 0.25) is 0 Å². The van der Waals surface area contributed by atoms with Crippen molar-refractivity contribution in [1.29, 1.82) is 0 Å². The predicted molar refractivity (Wildman–Crippen MR) is 79.9 cm³/mol. The van der Waals surface area contributed by atoms with Gasteiger partial charge in [-0.3, -0.25) is 4.79 Å². The van der Waals surface area contributed by atoms with Gasteiger partial charge in [0.15, 0.2) is 5.82 Å². The van der Waals surface area contributed by atoms with Gasteiger partial charge >= 0.3 is 0 Å². The molecule has 5 heteroatoms. The van der Waals surface area contributed by atoms with Crippen LogP contribution in [0.4, 0.5) is 5.82 Å². The van der Waals surface area contributed by atoms with Crippen molar-refractivity contribution in [2.45, 2.75) is 45.6 Å². The molecule has 5 nitrogen and oxygen atoms in total. The van der Waals surface area contributed by atoms with Gasteiger partial charge in [0.05, 0.1) is 0 Å². The molecule has 2 N–H and O–H groups in total. The van der Waals surface area contributed by atoms with E-state index < -0.39 is 0 Å². The predicted octanol–water partition coefficient (Wildman–Crippen LogP) is 1.82. The molecule has 1 heterocycles. The Labute approximate surface area is 120 Å². The molecule has 2 rings (SSSR count). The number of rotatable bonds is 4. The molecule has 1 aliphatic carbocycles. The second-order valence-electron chi connectivity index (χ2n) is 6.64. The summed E-state index contributed by atoms with van der Waals surface area (Å²) >= 11 is 0. The molecule has 2 atom stereocenters. The van der Waals surface area contributed by atoms with Gasteiger partial charge in [-0.15, -0.1) is 0 Å². The minimum absolute atomic E-state index is 0.0847. The van der Waals surface area contributed by atoms with E-state index in [4.69, 9.17) is 0 Å². The zero-order valence-corrected chi connectivity index (χ0v) is 12.6. The first kappa shape index (κ1) is 15.0. The lowest BCUT2D eigenvalue weighted by molar-refractivity contribution is 0.199. The summed E-state index contributed by atoms with van der Waals surface area (Å²) in [6.07, 6.45) is 6.73. The second kappa shape index (κ2) is 5.95. The van der Waals surface area contributed by atoms with Crippen LogP contribution in [0.1, 0.15) is 40.0 Å². The largest absolute Gasteiger partial charge is 0.396 e. The average molecular weight is 279 g/mol. The van der Waals surface area contributed by atoms with E-state index in [9.17, 15) is 9.90 Å². The van der Waals surface area contributed by atoms with Crippen molar-refractivity contribution in [3.05, 3.63) is 22.7 Å². The fourth-order valence-electron chi connectivity index (χ4n) is 2.91. The zero-order chi connectivity index (χ0) is 14.8. The van der Waals surface area contributed by atoms with Crippen LogP contribution in [0.5, 0.6) is 0 Å². The molecule has 0 spiro atoms. The summed E-state index contributed by atoms with van der Waals surface area (Å²) in [5, 5.41) is 12.5. The lowest BCUT2D eigenvalue weighted by Crippen LogP contribution is -2.36. The third-order valence-corrected chi connectivity index (χ3v) is 4.15. The smallest absolute Gasteiger partial charge is 0.293 e. The molecule has 1 fully saturated rings. The highest BCUT2D eigenvalue weighted by atomic mass is 16.3. The standard InChI is InChI=1S/C15H25N3O2/c1-15(2,3)18-8-7-16-13(14(18)20)17-9-11-5-4-6-12(11)10-19/h7-8,11-12,19H,4-6,9-10H2,1-3H3,(H,16,17). The topological polar surface area (TPSA) is 67.2 Å². The number of aliphatic hydroxyl groups excluding tert-OH is 1. The Morgan fingerprint density at radius 3 is 2.75 bits per heavy atom. The zero-order valence-electron chi connectivity index (χ0n) is 12.6. The van der Waals surface area contributed by atoms with Crippen LogP contribution in [0.2, 0.25) is 0 Å². The molecule has 2 unspecified atom stereocenters. The Morgan fingerprint density at radius 2 is 2.10 bits per heavy atom. The van der Waals surface area contributed by atoms with Gasteiger partial charge in [-0.2, -0.15) is 0 Å². The highest BCUT2D eigenvalue weighted by molar-refractivity contribution is 5.31. The van der Waals surface area contributed by atoms with Crippen LogP contribution >= 0.6 is 0 Å². The van der Waals surface area contributed by atoms with Gasteiger partial charge in [0.1, 0.15) is 0 Å². The molecule has 1 aromatic rings. The van der Waals surface area contributed by atoms with Crippen LogP contribution in [0.3, 0.4) is 0 Å². The molecule has 0 radical (unpaired) electrons. The molecule has 1 saturated carbocycles. The van der Waals surface area contributed by atoms with Crippen molar-refractivity contribution < 1.29 is 5.11 Å². The van der Waals surface area contributed by atoms with Crippen molar-refractivity contribution >= 4 is 5.82 Å². The summed E-state index contributed by atoms with van der Waals surface area (Å²) in [7, 11) is 0. The first-order valence-electron chi connectivity index (χ1n) is 7.36. The molecule has 0 amide bonds. The fourth-order valence-corrected chi connectivity index (χ4v) is 2.91. The number of hydrogen-bond acceptors (Lipinski definition) is 4. The number of nitrogens with one attached hydrogen (secondary N) is 1. The van der Waals surface area contributed by atoms with E-state index in [1.165, 1.54) is 0 Å². The number of aliphatic hydroxyl groups is 1. The number of anilines is 1. The molecule has 0 bridgehead atoms. The molecular weight excluding hydrogens is 254 g/mol. The van der Waals surface area contributed by atoms with Crippen LogP contribution in [0.25, 0.3) is 0 Å². The Morgan fingerprint density at radius 1 is 1.40 bits per heavy atom. The lowest BCUT2D eigenvalue weighted by atomic mass is 9.97. The van der Waals surface area contributed by atoms with Crippen molar-refractivity contribution in [2.24, 2.45) is 11.8 Å². The number of aromatic nitrogens is 2. The van der Waals surface area contributed by atoms with Crippen molar-refractivity contribution in [3.63, 3.8) is 0 Å². The van der Waals surface area contributed by atoms with Gasteiger partial charge in [0, 0.05) is 31.1 Å². The van der Waals surface area contributed by atoms with Gasteiger partial charge in [0.25, 0.3) is 5.56 Å². The van der Waals surface area contributed by atoms with Crippen molar-refractivity contribution in [1.82, 2.24) is 9.55 Å².